The third kappa shape index (κ3) is 5.10. The van der Waals surface area contributed by atoms with E-state index in [2.05, 4.69) is 5.32 Å². The maximum Gasteiger partial charge on any atom is 0.411 e. The monoisotopic (exact) mass is 382 g/mol. The van der Waals surface area contributed by atoms with Crippen molar-refractivity contribution in [3.05, 3.63) is 71.3 Å². The molecule has 28 heavy (non-hydrogen) atoms. The van der Waals surface area contributed by atoms with Crippen LogP contribution in [0, 0.1) is 0 Å². The van der Waals surface area contributed by atoms with E-state index in [1.54, 1.807) is 7.11 Å². The van der Waals surface area contributed by atoms with Crippen molar-refractivity contribution in [2.24, 2.45) is 0 Å². The molecule has 6 nitrogen and oxygen atoms in total. The molecule has 0 spiro atoms. The number of ether oxygens (including phenoxy) is 2. The Kier molecular flexibility index (Phi) is 7.03. The average Bonchev–Trinajstić information content (AvgIpc) is 2.74. The van der Waals surface area contributed by atoms with Gasteiger partial charge in [0.15, 0.2) is 0 Å². The predicted molar refractivity (Wildman–Crippen MR) is 106 cm³/mol. The molecule has 3 rings (SSSR count). The van der Waals surface area contributed by atoms with Crippen LogP contribution in [0.4, 0.5) is 4.79 Å². The van der Waals surface area contributed by atoms with Crippen molar-refractivity contribution in [1.29, 1.82) is 0 Å². The number of benzene rings is 2. The van der Waals surface area contributed by atoms with E-state index >= 15 is 0 Å². The van der Waals surface area contributed by atoms with E-state index in [1.165, 1.54) is 4.90 Å². The van der Waals surface area contributed by atoms with Gasteiger partial charge in [-0.3, -0.25) is 9.69 Å². The number of nitrogens with zero attached hydrogens (tertiary/aromatic N) is 1. The number of rotatable bonds is 7. The molecule has 2 aromatic rings. The highest BCUT2D eigenvalue weighted by atomic mass is 16.6. The van der Waals surface area contributed by atoms with Gasteiger partial charge in [0.25, 0.3) is 0 Å². The summed E-state index contributed by atoms with van der Waals surface area (Å²) in [5, 5.41) is 2.91. The van der Waals surface area contributed by atoms with E-state index in [0.29, 0.717) is 26.1 Å². The van der Waals surface area contributed by atoms with Crippen LogP contribution >= 0.6 is 0 Å². The van der Waals surface area contributed by atoms with E-state index in [0.717, 1.165) is 23.1 Å². The Labute approximate surface area is 165 Å². The minimum absolute atomic E-state index is 0.165. The standard InChI is InChI=1S/C22H26N2O4/c1-27-13-7-12-23-21(25)20-14-18-10-5-6-11-19(18)15-24(20)22(26)28-16-17-8-3-2-4-9-17/h2-6,8-11,20H,7,12-16H2,1H3,(H,23,25)/t20-/m1/s1. The van der Waals surface area contributed by atoms with Crippen LogP contribution < -0.4 is 5.32 Å². The van der Waals surface area contributed by atoms with Gasteiger partial charge in [-0.1, -0.05) is 54.6 Å². The Morgan fingerprint density at radius 1 is 1.07 bits per heavy atom. The molecule has 0 aliphatic carbocycles. The van der Waals surface area contributed by atoms with Gasteiger partial charge in [-0.15, -0.1) is 0 Å². The van der Waals surface area contributed by atoms with Crippen LogP contribution in [0.1, 0.15) is 23.1 Å². The Bertz CT molecular complexity index is 794. The van der Waals surface area contributed by atoms with Gasteiger partial charge in [-0.2, -0.15) is 0 Å². The second kappa shape index (κ2) is 9.90. The molecule has 1 heterocycles. The summed E-state index contributed by atoms with van der Waals surface area (Å²) in [4.78, 5) is 27.1. The summed E-state index contributed by atoms with van der Waals surface area (Å²) in [6.07, 6.45) is 0.729. The molecule has 0 saturated heterocycles. The Morgan fingerprint density at radius 3 is 2.54 bits per heavy atom. The predicted octanol–water partition coefficient (Wildman–Crippen LogP) is 2.90. The zero-order valence-electron chi connectivity index (χ0n) is 16.1. The fourth-order valence-electron chi connectivity index (χ4n) is 3.30. The third-order valence-electron chi connectivity index (χ3n) is 4.82. The van der Waals surface area contributed by atoms with Crippen molar-refractivity contribution in [2.45, 2.75) is 32.0 Å². The summed E-state index contributed by atoms with van der Waals surface area (Å²) in [6.45, 7) is 1.63. The normalized spacial score (nSPS) is 15.6. The van der Waals surface area contributed by atoms with Crippen LogP contribution in [-0.4, -0.2) is 43.2 Å². The highest BCUT2D eigenvalue weighted by Crippen LogP contribution is 2.24. The molecular weight excluding hydrogens is 356 g/mol. The van der Waals surface area contributed by atoms with Gasteiger partial charge in [-0.05, 0) is 23.1 Å². The molecule has 0 radical (unpaired) electrons. The number of methoxy groups -OCH3 is 1. The van der Waals surface area contributed by atoms with E-state index < -0.39 is 12.1 Å². The highest BCUT2D eigenvalue weighted by Gasteiger charge is 2.35. The second-order valence-electron chi connectivity index (χ2n) is 6.79. The van der Waals surface area contributed by atoms with Gasteiger partial charge in [0.05, 0.1) is 6.54 Å². The molecule has 1 aliphatic rings. The zero-order chi connectivity index (χ0) is 19.8. The summed E-state index contributed by atoms with van der Waals surface area (Å²) in [5.74, 6) is -0.165. The molecule has 6 heteroatoms. The van der Waals surface area contributed by atoms with Gasteiger partial charge < -0.3 is 14.8 Å². The SMILES string of the molecule is COCCCNC(=O)[C@H]1Cc2ccccc2CN1C(=O)OCc1ccccc1. The minimum atomic E-state index is -0.583. The maximum atomic E-state index is 12.8. The lowest BCUT2D eigenvalue weighted by atomic mass is 9.94. The smallest absolute Gasteiger partial charge is 0.411 e. The van der Waals surface area contributed by atoms with Crippen molar-refractivity contribution in [3.8, 4) is 0 Å². The average molecular weight is 382 g/mol. The summed E-state index contributed by atoms with van der Waals surface area (Å²) in [6, 6.07) is 16.8. The van der Waals surface area contributed by atoms with Crippen molar-refractivity contribution >= 4 is 12.0 Å². The first-order valence-electron chi connectivity index (χ1n) is 9.50. The van der Waals surface area contributed by atoms with Crippen LogP contribution in [0.3, 0.4) is 0 Å². The molecule has 0 fully saturated rings. The Hall–Kier alpha value is -2.86. The largest absolute Gasteiger partial charge is 0.445 e. The van der Waals surface area contributed by atoms with Crippen LogP contribution in [-0.2, 0) is 33.8 Å². The molecule has 2 amide bonds. The second-order valence-corrected chi connectivity index (χ2v) is 6.79. The van der Waals surface area contributed by atoms with E-state index in [1.807, 2.05) is 54.6 Å². The topological polar surface area (TPSA) is 67.9 Å². The summed E-state index contributed by atoms with van der Waals surface area (Å²) in [7, 11) is 1.63. The number of hydrogen-bond donors (Lipinski definition) is 1. The summed E-state index contributed by atoms with van der Waals surface area (Å²) in [5.41, 5.74) is 3.04. The molecule has 2 aromatic carbocycles. The fraction of sp³-hybridized carbons (Fsp3) is 0.364. The molecular formula is C22H26N2O4. The minimum Gasteiger partial charge on any atom is -0.445 e. The van der Waals surface area contributed by atoms with Crippen LogP contribution in [0.5, 0.6) is 0 Å². The van der Waals surface area contributed by atoms with Gasteiger partial charge >= 0.3 is 6.09 Å². The number of carbonyl (C=O) groups excluding carboxylic acids is 2. The number of hydrogen-bond acceptors (Lipinski definition) is 4. The number of nitrogens with one attached hydrogen (secondary N) is 1. The van der Waals surface area contributed by atoms with Crippen molar-refractivity contribution in [2.75, 3.05) is 20.3 Å². The number of amides is 2. The zero-order valence-corrected chi connectivity index (χ0v) is 16.1. The first-order chi connectivity index (χ1) is 13.7. The lowest BCUT2D eigenvalue weighted by Crippen LogP contribution is -2.52. The lowest BCUT2D eigenvalue weighted by Gasteiger charge is -2.35. The first-order valence-corrected chi connectivity index (χ1v) is 9.50. The molecule has 148 valence electrons. The number of fused-ring (bicyclic) bond motifs is 1. The van der Waals surface area contributed by atoms with E-state index in [-0.39, 0.29) is 12.5 Å². The Morgan fingerprint density at radius 2 is 1.79 bits per heavy atom. The molecule has 0 saturated carbocycles. The van der Waals surface area contributed by atoms with Crippen molar-refractivity contribution in [1.82, 2.24) is 10.2 Å². The van der Waals surface area contributed by atoms with Gasteiger partial charge in [0, 0.05) is 26.7 Å². The molecule has 0 unspecified atom stereocenters. The Balaban J connectivity index is 1.69. The van der Waals surface area contributed by atoms with Gasteiger partial charge in [0.2, 0.25) is 5.91 Å². The highest BCUT2D eigenvalue weighted by molar-refractivity contribution is 5.86. The summed E-state index contributed by atoms with van der Waals surface area (Å²) < 4.78 is 10.5. The fourth-order valence-corrected chi connectivity index (χ4v) is 3.30. The molecule has 0 aromatic heterocycles. The third-order valence-corrected chi connectivity index (χ3v) is 4.82. The molecule has 1 aliphatic heterocycles. The van der Waals surface area contributed by atoms with Crippen LogP contribution in [0.2, 0.25) is 0 Å². The van der Waals surface area contributed by atoms with Crippen LogP contribution in [0.15, 0.2) is 54.6 Å². The van der Waals surface area contributed by atoms with Gasteiger partial charge in [-0.25, -0.2) is 4.79 Å². The number of carbonyl (C=O) groups is 2. The van der Waals surface area contributed by atoms with E-state index in [9.17, 15) is 9.59 Å². The summed E-state index contributed by atoms with van der Waals surface area (Å²) >= 11 is 0. The molecule has 1 atom stereocenters. The van der Waals surface area contributed by atoms with Gasteiger partial charge in [0.1, 0.15) is 12.6 Å². The molecule has 1 N–H and O–H groups in total. The molecule has 0 bridgehead atoms. The quantitative estimate of drug-likeness (QED) is 0.748. The van der Waals surface area contributed by atoms with Crippen molar-refractivity contribution < 1.29 is 19.1 Å². The van der Waals surface area contributed by atoms with Crippen LogP contribution in [0.25, 0.3) is 0 Å². The first kappa shape index (κ1) is 19.9. The van der Waals surface area contributed by atoms with E-state index in [4.69, 9.17) is 9.47 Å². The lowest BCUT2D eigenvalue weighted by molar-refractivity contribution is -0.126. The van der Waals surface area contributed by atoms with Crippen molar-refractivity contribution in [3.63, 3.8) is 0 Å². The maximum absolute atomic E-state index is 12.8.